The largest absolute Gasteiger partial charge is 0.476 e. The summed E-state index contributed by atoms with van der Waals surface area (Å²) in [5.41, 5.74) is 2.73. The summed E-state index contributed by atoms with van der Waals surface area (Å²) in [6.07, 6.45) is 2.92. The Morgan fingerprint density at radius 1 is 1.06 bits per heavy atom. The summed E-state index contributed by atoms with van der Waals surface area (Å²) in [7, 11) is -3.52. The van der Waals surface area contributed by atoms with Gasteiger partial charge in [-0.05, 0) is 56.1 Å². The summed E-state index contributed by atoms with van der Waals surface area (Å²) < 4.78 is 32.3. The van der Waals surface area contributed by atoms with E-state index in [1.165, 1.54) is 29.1 Å². The van der Waals surface area contributed by atoms with Crippen molar-refractivity contribution in [3.8, 4) is 5.75 Å². The Bertz CT molecular complexity index is 1050. The number of likely N-dealkylation sites (tertiary alicyclic amines) is 1. The molecule has 4 rings (SSSR count). The number of carbonyl (C=O) groups is 1. The molecule has 0 aliphatic carbocycles. The van der Waals surface area contributed by atoms with Crippen molar-refractivity contribution in [1.29, 1.82) is 0 Å². The predicted octanol–water partition coefficient (Wildman–Crippen LogP) is 2.91. The normalized spacial score (nSPS) is 19.2. The van der Waals surface area contributed by atoms with E-state index in [1.807, 2.05) is 12.1 Å². The van der Waals surface area contributed by atoms with Gasteiger partial charge in [0, 0.05) is 13.1 Å². The Balaban J connectivity index is 1.40. The van der Waals surface area contributed by atoms with Crippen LogP contribution < -0.4 is 14.4 Å². The molecule has 1 fully saturated rings. The van der Waals surface area contributed by atoms with Crippen LogP contribution in [0.5, 0.6) is 5.75 Å². The zero-order valence-electron chi connectivity index (χ0n) is 18.5. The second kappa shape index (κ2) is 9.92. The molecule has 32 heavy (non-hydrogen) atoms. The summed E-state index contributed by atoms with van der Waals surface area (Å²) >= 11 is 0. The van der Waals surface area contributed by atoms with Gasteiger partial charge in [-0.25, -0.2) is 8.42 Å². The van der Waals surface area contributed by atoms with Gasteiger partial charge in [-0.3, -0.25) is 14.0 Å². The third-order valence-corrected chi connectivity index (χ3v) is 7.79. The number of rotatable bonds is 7. The second-order valence-electron chi connectivity index (χ2n) is 8.38. The fraction of sp³-hybridized carbons (Fsp3) is 0.458. The van der Waals surface area contributed by atoms with Crippen molar-refractivity contribution < 1.29 is 17.9 Å². The highest BCUT2D eigenvalue weighted by Gasteiger charge is 2.35. The zero-order valence-corrected chi connectivity index (χ0v) is 19.3. The number of hydrogen-bond donors (Lipinski definition) is 1. The molecule has 0 aromatic heterocycles. The lowest BCUT2D eigenvalue weighted by Gasteiger charge is -2.34. The molecule has 1 saturated heterocycles. The lowest BCUT2D eigenvalue weighted by atomic mass is 10.1. The van der Waals surface area contributed by atoms with Crippen LogP contribution >= 0.6 is 0 Å². The maximum absolute atomic E-state index is 12.9. The Kier molecular flexibility index (Phi) is 7.01. The maximum Gasteiger partial charge on any atom is 0.263 e. The van der Waals surface area contributed by atoms with Crippen LogP contribution in [0.1, 0.15) is 37.3 Å². The van der Waals surface area contributed by atoms with Gasteiger partial charge in [0.15, 0.2) is 6.10 Å². The molecule has 1 amide bonds. The predicted molar refractivity (Wildman–Crippen MR) is 125 cm³/mol. The third kappa shape index (κ3) is 5.24. The first-order chi connectivity index (χ1) is 15.5. The van der Waals surface area contributed by atoms with E-state index in [-0.39, 0.29) is 18.2 Å². The van der Waals surface area contributed by atoms with Crippen molar-refractivity contribution in [3.63, 3.8) is 0 Å². The highest BCUT2D eigenvalue weighted by molar-refractivity contribution is 7.92. The highest BCUT2D eigenvalue weighted by atomic mass is 32.2. The summed E-state index contributed by atoms with van der Waals surface area (Å²) in [5, 5.41) is 2.92. The van der Waals surface area contributed by atoms with Crippen LogP contribution in [-0.4, -0.2) is 50.7 Å². The van der Waals surface area contributed by atoms with Crippen LogP contribution in [-0.2, 0) is 27.9 Å². The number of carbonyl (C=O) groups excluding carboxylic acids is 1. The third-order valence-electron chi connectivity index (χ3n) is 6.04. The Hall–Kier alpha value is -2.58. The van der Waals surface area contributed by atoms with Gasteiger partial charge >= 0.3 is 0 Å². The number of fused-ring (bicyclic) bond motifs is 1. The molecule has 1 N–H and O–H groups in total. The molecule has 0 radical (unpaired) electrons. The number of anilines is 1. The number of nitrogens with one attached hydrogen (secondary N) is 1. The van der Waals surface area contributed by atoms with Gasteiger partial charge in [0.25, 0.3) is 5.91 Å². The van der Waals surface area contributed by atoms with Crippen molar-refractivity contribution in [2.24, 2.45) is 0 Å². The van der Waals surface area contributed by atoms with Crippen molar-refractivity contribution in [2.45, 2.75) is 45.4 Å². The lowest BCUT2D eigenvalue weighted by Crippen LogP contribution is -2.50. The van der Waals surface area contributed by atoms with E-state index in [0.717, 1.165) is 25.2 Å². The molecule has 0 spiro atoms. The Morgan fingerprint density at radius 3 is 2.59 bits per heavy atom. The van der Waals surface area contributed by atoms with E-state index in [4.69, 9.17) is 4.74 Å². The monoisotopic (exact) mass is 457 g/mol. The molecule has 2 heterocycles. The van der Waals surface area contributed by atoms with Crippen molar-refractivity contribution in [2.75, 3.05) is 29.7 Å². The Labute approximate surface area is 190 Å². The van der Waals surface area contributed by atoms with Gasteiger partial charge in [0.1, 0.15) is 5.75 Å². The maximum atomic E-state index is 12.9. The minimum absolute atomic E-state index is 0.0337. The number of piperidine rings is 1. The van der Waals surface area contributed by atoms with Crippen molar-refractivity contribution in [1.82, 2.24) is 10.2 Å². The van der Waals surface area contributed by atoms with E-state index in [0.29, 0.717) is 18.0 Å². The molecule has 0 unspecified atom stereocenters. The molecule has 1 atom stereocenters. The van der Waals surface area contributed by atoms with Gasteiger partial charge in [0.05, 0.1) is 18.0 Å². The van der Waals surface area contributed by atoms with Crippen LogP contribution in [0.2, 0.25) is 0 Å². The molecule has 2 aliphatic rings. The van der Waals surface area contributed by atoms with Gasteiger partial charge < -0.3 is 10.1 Å². The van der Waals surface area contributed by atoms with Gasteiger partial charge in [-0.15, -0.1) is 0 Å². The molecular formula is C24H31N3O4S. The van der Waals surface area contributed by atoms with E-state index in [9.17, 15) is 13.2 Å². The first kappa shape index (κ1) is 22.6. The van der Waals surface area contributed by atoms with Crippen molar-refractivity contribution in [3.05, 3.63) is 59.7 Å². The minimum atomic E-state index is -3.52. The average Bonchev–Trinajstić information content (AvgIpc) is 2.82. The van der Waals surface area contributed by atoms with E-state index in [1.54, 1.807) is 31.2 Å². The van der Waals surface area contributed by atoms with Gasteiger partial charge in [-0.2, -0.15) is 0 Å². The van der Waals surface area contributed by atoms with Crippen LogP contribution in [0, 0.1) is 0 Å². The summed E-state index contributed by atoms with van der Waals surface area (Å²) in [5.74, 6) is 0.0381. The van der Waals surface area contributed by atoms with E-state index >= 15 is 0 Å². The molecule has 0 bridgehead atoms. The number of benzene rings is 2. The minimum Gasteiger partial charge on any atom is -0.476 e. The Morgan fingerprint density at radius 2 is 1.81 bits per heavy atom. The highest BCUT2D eigenvalue weighted by Crippen LogP contribution is 2.35. The summed E-state index contributed by atoms with van der Waals surface area (Å²) in [6, 6.07) is 15.2. The standard InChI is InChI=1S/C24H31N3O4S/c1-2-32(29,30)27-18-23(31-22-12-5-4-11-21(22)27)24(28)25-16-19-9-8-10-20(15-19)17-26-13-6-3-7-14-26/h4-5,8-12,15,23H,2-3,6-7,13-14,16-18H2,1H3,(H,25,28)/t23-/m1/s1. The quantitative estimate of drug-likeness (QED) is 0.692. The number of ether oxygens (including phenoxy) is 1. The summed E-state index contributed by atoms with van der Waals surface area (Å²) in [4.78, 5) is 15.3. The van der Waals surface area contributed by atoms with Crippen LogP contribution in [0.15, 0.2) is 48.5 Å². The number of sulfonamides is 1. The fourth-order valence-electron chi connectivity index (χ4n) is 4.27. The van der Waals surface area contributed by atoms with E-state index in [2.05, 4.69) is 22.3 Å². The van der Waals surface area contributed by atoms with Crippen LogP contribution in [0.25, 0.3) is 0 Å². The number of hydrogen-bond acceptors (Lipinski definition) is 5. The first-order valence-electron chi connectivity index (χ1n) is 11.3. The van der Waals surface area contributed by atoms with Crippen LogP contribution in [0.3, 0.4) is 0 Å². The number of para-hydroxylation sites is 2. The first-order valence-corrected chi connectivity index (χ1v) is 12.9. The summed E-state index contributed by atoms with van der Waals surface area (Å²) in [6.45, 7) is 5.13. The molecule has 2 aliphatic heterocycles. The SMILES string of the molecule is CCS(=O)(=O)N1C[C@H](C(=O)NCc2cccc(CN3CCCCC3)c2)Oc2ccccc21. The fourth-order valence-corrected chi connectivity index (χ4v) is 5.40. The van der Waals surface area contributed by atoms with Crippen molar-refractivity contribution >= 4 is 21.6 Å². The van der Waals surface area contributed by atoms with Gasteiger partial charge in [0.2, 0.25) is 10.0 Å². The van der Waals surface area contributed by atoms with Crippen LogP contribution in [0.4, 0.5) is 5.69 Å². The second-order valence-corrected chi connectivity index (χ2v) is 10.6. The molecule has 2 aromatic rings. The molecule has 0 saturated carbocycles. The average molecular weight is 458 g/mol. The molecule has 2 aromatic carbocycles. The topological polar surface area (TPSA) is 79.0 Å². The molecular weight excluding hydrogens is 426 g/mol. The van der Waals surface area contributed by atoms with Gasteiger partial charge in [-0.1, -0.05) is 42.8 Å². The molecule has 8 heteroatoms. The zero-order chi connectivity index (χ0) is 22.6. The molecule has 172 valence electrons. The number of nitrogens with zero attached hydrogens (tertiary/aromatic N) is 2. The lowest BCUT2D eigenvalue weighted by molar-refractivity contribution is -0.127. The van der Waals surface area contributed by atoms with E-state index < -0.39 is 16.1 Å². The number of amides is 1. The smallest absolute Gasteiger partial charge is 0.263 e. The molecule has 7 nitrogen and oxygen atoms in total.